The van der Waals surface area contributed by atoms with Crippen LogP contribution in [-0.4, -0.2) is 33.6 Å². The predicted molar refractivity (Wildman–Crippen MR) is 82.3 cm³/mol. The van der Waals surface area contributed by atoms with Gasteiger partial charge in [-0.25, -0.2) is 0 Å². The summed E-state index contributed by atoms with van der Waals surface area (Å²) in [4.78, 5) is 12.6. The lowest BCUT2D eigenvalue weighted by molar-refractivity contribution is -0.313. The van der Waals surface area contributed by atoms with Crippen molar-refractivity contribution in [3.8, 4) is 0 Å². The van der Waals surface area contributed by atoms with Crippen LogP contribution in [0.1, 0.15) is 42.1 Å². The topological polar surface area (TPSA) is 52.9 Å². The summed E-state index contributed by atoms with van der Waals surface area (Å²) in [5.74, 6) is -2.10. The Morgan fingerprint density at radius 1 is 1.33 bits per heavy atom. The molecule has 0 spiro atoms. The lowest BCUT2D eigenvalue weighted by Gasteiger charge is -2.39. The fourth-order valence-electron chi connectivity index (χ4n) is 3.43. The summed E-state index contributed by atoms with van der Waals surface area (Å²) in [5.41, 5.74) is -2.07. The number of hydrazone groups is 1. The largest absolute Gasteiger partial charge is 0.439 e. The van der Waals surface area contributed by atoms with Crippen LogP contribution in [0.5, 0.6) is 0 Å². The zero-order valence-corrected chi connectivity index (χ0v) is 13.5. The molecule has 0 bridgehead atoms. The molecule has 3 rings (SSSR count). The van der Waals surface area contributed by atoms with Gasteiger partial charge in [0.05, 0.1) is 5.92 Å². The van der Waals surface area contributed by atoms with Gasteiger partial charge in [-0.1, -0.05) is 24.6 Å². The van der Waals surface area contributed by atoms with Crippen LogP contribution in [0.4, 0.5) is 13.2 Å². The van der Waals surface area contributed by atoms with Crippen molar-refractivity contribution in [1.29, 1.82) is 0 Å². The normalized spacial score (nSPS) is 30.1. The summed E-state index contributed by atoms with van der Waals surface area (Å²) in [6.07, 6.45) is -3.76. The number of carbonyl (C=O) groups excluding carboxylic acids is 1. The van der Waals surface area contributed by atoms with Gasteiger partial charge in [0.15, 0.2) is 0 Å². The van der Waals surface area contributed by atoms with Gasteiger partial charge in [-0.2, -0.15) is 23.3 Å². The number of fused-ring (bicyclic) bond motifs is 1. The summed E-state index contributed by atoms with van der Waals surface area (Å²) in [6.45, 7) is 3.66. The Morgan fingerprint density at radius 3 is 2.54 bits per heavy atom. The van der Waals surface area contributed by atoms with Gasteiger partial charge in [-0.15, -0.1) is 0 Å². The molecule has 0 saturated heterocycles. The molecule has 1 heterocycles. The van der Waals surface area contributed by atoms with E-state index < -0.39 is 23.7 Å². The van der Waals surface area contributed by atoms with Crippen molar-refractivity contribution >= 4 is 11.6 Å². The van der Waals surface area contributed by atoms with Crippen LogP contribution in [0.2, 0.25) is 0 Å². The van der Waals surface area contributed by atoms with Crippen LogP contribution in [0.3, 0.4) is 0 Å². The van der Waals surface area contributed by atoms with Crippen LogP contribution >= 0.6 is 0 Å². The molecule has 1 aliphatic heterocycles. The molecule has 0 radical (unpaired) electrons. The number of halogens is 3. The highest BCUT2D eigenvalue weighted by Crippen LogP contribution is 2.49. The zero-order chi connectivity index (χ0) is 17.7. The van der Waals surface area contributed by atoms with E-state index in [9.17, 15) is 23.1 Å². The van der Waals surface area contributed by atoms with Crippen LogP contribution in [-0.2, 0) is 0 Å². The predicted octanol–water partition coefficient (Wildman–Crippen LogP) is 3.49. The third kappa shape index (κ3) is 2.51. The summed E-state index contributed by atoms with van der Waals surface area (Å²) in [6, 6.07) is 6.16. The molecule has 1 aliphatic carbocycles. The van der Waals surface area contributed by atoms with Gasteiger partial charge in [0.25, 0.3) is 11.6 Å². The van der Waals surface area contributed by atoms with E-state index >= 15 is 0 Å². The smallest absolute Gasteiger partial charge is 0.362 e. The van der Waals surface area contributed by atoms with Gasteiger partial charge in [0.1, 0.15) is 0 Å². The Balaban J connectivity index is 2.03. The van der Waals surface area contributed by atoms with E-state index in [0.717, 1.165) is 5.56 Å². The van der Waals surface area contributed by atoms with E-state index in [2.05, 4.69) is 5.10 Å². The number of amides is 1. The van der Waals surface area contributed by atoms with Crippen molar-refractivity contribution in [3.63, 3.8) is 0 Å². The van der Waals surface area contributed by atoms with Crippen molar-refractivity contribution < 1.29 is 23.1 Å². The summed E-state index contributed by atoms with van der Waals surface area (Å²) >= 11 is 0. The van der Waals surface area contributed by atoms with Crippen molar-refractivity contribution in [2.45, 2.75) is 45.0 Å². The molecule has 7 heteroatoms. The van der Waals surface area contributed by atoms with Crippen LogP contribution < -0.4 is 0 Å². The Kier molecular flexibility index (Phi) is 3.94. The number of rotatable bonds is 1. The number of carbonyl (C=O) groups is 1. The fourth-order valence-corrected chi connectivity index (χ4v) is 3.43. The second-order valence-electron chi connectivity index (χ2n) is 6.73. The molecule has 4 nitrogen and oxygen atoms in total. The molecule has 1 amide bonds. The molecule has 1 aromatic carbocycles. The maximum Gasteiger partial charge on any atom is 0.439 e. The fraction of sp³-hybridized carbons (Fsp3) is 0.529. The molecule has 1 fully saturated rings. The number of nitrogens with zero attached hydrogens (tertiary/aromatic N) is 2. The number of benzene rings is 1. The summed E-state index contributed by atoms with van der Waals surface area (Å²) in [7, 11) is 0. The van der Waals surface area contributed by atoms with E-state index in [1.165, 1.54) is 12.1 Å². The number of hydrogen-bond acceptors (Lipinski definition) is 3. The van der Waals surface area contributed by atoms with Gasteiger partial charge < -0.3 is 5.11 Å². The average Bonchev–Trinajstić information content (AvgIpc) is 2.81. The second-order valence-corrected chi connectivity index (χ2v) is 6.73. The SMILES string of the molecule is Cc1ccc(C(=O)N2N=C3CC[C@@H](C)C[C@@H]3[C@]2(O)C(F)(F)F)cc1. The molecule has 0 aromatic heterocycles. The molecule has 24 heavy (non-hydrogen) atoms. The zero-order valence-electron chi connectivity index (χ0n) is 13.5. The van der Waals surface area contributed by atoms with E-state index in [1.54, 1.807) is 12.1 Å². The van der Waals surface area contributed by atoms with Gasteiger partial charge in [0.2, 0.25) is 0 Å². The average molecular weight is 340 g/mol. The Morgan fingerprint density at radius 2 is 1.96 bits per heavy atom. The third-order valence-corrected chi connectivity index (χ3v) is 4.88. The quantitative estimate of drug-likeness (QED) is 0.851. The molecule has 1 aromatic rings. The second kappa shape index (κ2) is 5.58. The van der Waals surface area contributed by atoms with Gasteiger partial charge >= 0.3 is 6.18 Å². The minimum atomic E-state index is -4.99. The highest BCUT2D eigenvalue weighted by Gasteiger charge is 2.68. The highest BCUT2D eigenvalue weighted by atomic mass is 19.4. The van der Waals surface area contributed by atoms with Crippen LogP contribution in [0, 0.1) is 18.8 Å². The van der Waals surface area contributed by atoms with E-state index in [4.69, 9.17) is 0 Å². The van der Waals surface area contributed by atoms with Crippen molar-refractivity contribution in [2.24, 2.45) is 16.9 Å². The van der Waals surface area contributed by atoms with Crippen LogP contribution in [0.25, 0.3) is 0 Å². The Bertz CT molecular complexity index is 684. The Labute approximate surface area is 138 Å². The number of aryl methyl sites for hydroxylation is 1. The summed E-state index contributed by atoms with van der Waals surface area (Å²) < 4.78 is 41.1. The molecular weight excluding hydrogens is 321 g/mol. The number of hydrogen-bond donors (Lipinski definition) is 1. The highest BCUT2D eigenvalue weighted by molar-refractivity contribution is 5.99. The van der Waals surface area contributed by atoms with Crippen molar-refractivity contribution in [3.05, 3.63) is 35.4 Å². The van der Waals surface area contributed by atoms with E-state index in [1.807, 2.05) is 13.8 Å². The maximum absolute atomic E-state index is 13.7. The minimum absolute atomic E-state index is 0.0391. The van der Waals surface area contributed by atoms with Crippen molar-refractivity contribution in [1.82, 2.24) is 5.01 Å². The van der Waals surface area contributed by atoms with Crippen molar-refractivity contribution in [2.75, 3.05) is 0 Å². The Hall–Kier alpha value is -1.89. The van der Waals surface area contributed by atoms with Gasteiger partial charge in [-0.05, 0) is 44.2 Å². The molecule has 0 unspecified atom stereocenters. The lowest BCUT2D eigenvalue weighted by Crippen LogP contribution is -2.61. The number of aliphatic hydroxyl groups is 1. The monoisotopic (exact) mass is 340 g/mol. The first-order valence-corrected chi connectivity index (χ1v) is 7.92. The molecule has 1 saturated carbocycles. The van der Waals surface area contributed by atoms with Gasteiger partial charge in [0, 0.05) is 11.3 Å². The van der Waals surface area contributed by atoms with E-state index in [-0.39, 0.29) is 28.6 Å². The first-order chi connectivity index (χ1) is 11.1. The van der Waals surface area contributed by atoms with Crippen LogP contribution in [0.15, 0.2) is 29.4 Å². The molecule has 130 valence electrons. The lowest BCUT2D eigenvalue weighted by atomic mass is 9.76. The van der Waals surface area contributed by atoms with E-state index in [0.29, 0.717) is 12.8 Å². The standard InChI is InChI=1S/C17H19F3N2O2/c1-10-3-6-12(7-4-10)15(23)22-16(24,17(18,19)20)13-9-11(2)5-8-14(13)21-22/h3-4,6-7,11,13,24H,5,8-9H2,1-2H3/t11-,13+,16+/m1/s1. The van der Waals surface area contributed by atoms with Gasteiger partial charge in [-0.3, -0.25) is 4.79 Å². The first kappa shape index (κ1) is 17.0. The molecule has 3 atom stereocenters. The molecular formula is C17H19F3N2O2. The summed E-state index contributed by atoms with van der Waals surface area (Å²) in [5, 5.41) is 14.7. The minimum Gasteiger partial charge on any atom is -0.362 e. The maximum atomic E-state index is 13.7. The first-order valence-electron chi connectivity index (χ1n) is 7.92. The molecule has 1 N–H and O–H groups in total. The molecule has 2 aliphatic rings. The number of alkyl halides is 3. The third-order valence-electron chi connectivity index (χ3n) is 4.88.